The molecule has 9 nitrogen and oxygen atoms in total. The van der Waals surface area contributed by atoms with Gasteiger partial charge in [0.05, 0.1) is 22.0 Å². The Balaban J connectivity index is 1.26. The number of rotatable bonds is 8. The average Bonchev–Trinajstić information content (AvgIpc) is 3.49. The van der Waals surface area contributed by atoms with Crippen LogP contribution in [0.3, 0.4) is 0 Å². The van der Waals surface area contributed by atoms with Crippen molar-refractivity contribution < 1.29 is 9.55 Å². The van der Waals surface area contributed by atoms with Gasteiger partial charge in [0.2, 0.25) is 5.52 Å². The number of nitro groups is 1. The van der Waals surface area contributed by atoms with E-state index in [0.717, 1.165) is 22.6 Å². The molecule has 1 aromatic heterocycles. The highest BCUT2D eigenvalue weighted by Crippen LogP contribution is 2.35. The van der Waals surface area contributed by atoms with Gasteiger partial charge in [-0.05, 0) is 70.5 Å². The third kappa shape index (κ3) is 4.99. The highest BCUT2D eigenvalue weighted by Gasteiger charge is 2.20. The molecule has 0 saturated carbocycles. The fourth-order valence-corrected chi connectivity index (χ4v) is 4.39. The van der Waals surface area contributed by atoms with Gasteiger partial charge in [0.25, 0.3) is 0 Å². The first kappa shape index (κ1) is 24.5. The van der Waals surface area contributed by atoms with E-state index in [9.17, 15) is 10.1 Å². The lowest BCUT2D eigenvalue weighted by atomic mass is 10.1. The summed E-state index contributed by atoms with van der Waals surface area (Å²) in [5.41, 5.74) is 6.18. The van der Waals surface area contributed by atoms with E-state index in [0.29, 0.717) is 17.1 Å². The zero-order valence-corrected chi connectivity index (χ0v) is 21.1. The number of benzene rings is 5. The molecule has 0 spiro atoms. The Morgan fingerprint density at radius 3 is 1.98 bits per heavy atom. The first-order valence-electron chi connectivity index (χ1n) is 12.5. The Bertz CT molecular complexity index is 1760. The van der Waals surface area contributed by atoms with Gasteiger partial charge in [-0.15, -0.1) is 0 Å². The van der Waals surface area contributed by atoms with Crippen LogP contribution in [0.2, 0.25) is 0 Å². The van der Waals surface area contributed by atoms with Crippen LogP contribution in [-0.4, -0.2) is 21.5 Å². The van der Waals surface area contributed by atoms with Crippen LogP contribution in [0, 0.1) is 10.1 Å². The number of hydrogen-bond acceptors (Lipinski definition) is 8. The number of aliphatic imine (C=N–C) groups is 1. The Morgan fingerprint density at radius 1 is 0.700 bits per heavy atom. The number of nitrogens with zero attached hydrogens (tertiary/aromatic N) is 5. The standard InChI is InChI=1S/C31H22N6O3/c38-37(39)29-20-19-28(30-31(29)35-40-34-30)33-27-14-8-7-13-26(27)32-21-22-15-17-25(18-16-22)36(23-9-3-1-4-10-23)24-11-5-2-6-12-24/h1-21,33H. The van der Waals surface area contributed by atoms with Crippen molar-refractivity contribution in [2.24, 2.45) is 4.99 Å². The second kappa shape index (κ2) is 10.9. The molecule has 6 aromatic rings. The quantitative estimate of drug-likeness (QED) is 0.121. The summed E-state index contributed by atoms with van der Waals surface area (Å²) in [5.74, 6) is 0. The van der Waals surface area contributed by atoms with Crippen molar-refractivity contribution in [2.75, 3.05) is 10.2 Å². The third-order valence-electron chi connectivity index (χ3n) is 6.30. The zero-order valence-electron chi connectivity index (χ0n) is 21.1. The average molecular weight is 527 g/mol. The van der Waals surface area contributed by atoms with Crippen LogP contribution < -0.4 is 10.2 Å². The Morgan fingerprint density at radius 2 is 1.30 bits per heavy atom. The van der Waals surface area contributed by atoms with Gasteiger partial charge in [0, 0.05) is 29.3 Å². The molecule has 0 unspecified atom stereocenters. The summed E-state index contributed by atoms with van der Waals surface area (Å²) in [4.78, 5) is 17.7. The van der Waals surface area contributed by atoms with Gasteiger partial charge in [-0.1, -0.05) is 60.7 Å². The van der Waals surface area contributed by atoms with Crippen LogP contribution in [0.5, 0.6) is 0 Å². The van der Waals surface area contributed by atoms with E-state index in [4.69, 9.17) is 9.62 Å². The van der Waals surface area contributed by atoms with Crippen molar-refractivity contribution in [2.45, 2.75) is 0 Å². The molecule has 0 radical (unpaired) electrons. The summed E-state index contributed by atoms with van der Waals surface area (Å²) in [5, 5.41) is 22.1. The van der Waals surface area contributed by atoms with E-state index in [1.54, 1.807) is 12.3 Å². The summed E-state index contributed by atoms with van der Waals surface area (Å²) in [6.45, 7) is 0. The molecule has 0 saturated heterocycles. The minimum absolute atomic E-state index is 0.0797. The maximum absolute atomic E-state index is 11.3. The fraction of sp³-hybridized carbons (Fsp3) is 0. The van der Waals surface area contributed by atoms with E-state index in [-0.39, 0.29) is 16.7 Å². The van der Waals surface area contributed by atoms with Crippen LogP contribution in [0.4, 0.5) is 39.8 Å². The summed E-state index contributed by atoms with van der Waals surface area (Å²) in [6.07, 6.45) is 1.79. The maximum atomic E-state index is 11.3. The van der Waals surface area contributed by atoms with Crippen LogP contribution in [-0.2, 0) is 0 Å². The number of aromatic nitrogens is 2. The molecule has 9 heteroatoms. The lowest BCUT2D eigenvalue weighted by Gasteiger charge is -2.25. The lowest BCUT2D eigenvalue weighted by Crippen LogP contribution is -2.09. The van der Waals surface area contributed by atoms with E-state index < -0.39 is 4.92 Å². The van der Waals surface area contributed by atoms with E-state index in [1.807, 2.05) is 72.8 Å². The fourth-order valence-electron chi connectivity index (χ4n) is 4.39. The lowest BCUT2D eigenvalue weighted by molar-refractivity contribution is -0.383. The van der Waals surface area contributed by atoms with Crippen molar-refractivity contribution in [3.05, 3.63) is 137 Å². The van der Waals surface area contributed by atoms with Gasteiger partial charge in [-0.2, -0.15) is 0 Å². The molecular weight excluding hydrogens is 504 g/mol. The molecule has 0 aliphatic rings. The van der Waals surface area contributed by atoms with Gasteiger partial charge in [-0.3, -0.25) is 15.1 Å². The van der Waals surface area contributed by atoms with Gasteiger partial charge >= 0.3 is 5.69 Å². The largest absolute Gasteiger partial charge is 0.352 e. The number of fused-ring (bicyclic) bond motifs is 1. The first-order valence-corrected chi connectivity index (χ1v) is 12.5. The highest BCUT2D eigenvalue weighted by atomic mass is 16.6. The highest BCUT2D eigenvalue weighted by molar-refractivity contribution is 5.96. The number of anilines is 5. The number of nitrogens with one attached hydrogen (secondary N) is 1. The van der Waals surface area contributed by atoms with Crippen molar-refractivity contribution in [3.63, 3.8) is 0 Å². The summed E-state index contributed by atoms with van der Waals surface area (Å²) in [6, 6.07) is 39.1. The topological polar surface area (TPSA) is 110 Å². The first-order chi connectivity index (χ1) is 19.7. The molecule has 0 bridgehead atoms. The predicted molar refractivity (Wildman–Crippen MR) is 157 cm³/mol. The Hall–Kier alpha value is -5.83. The Labute approximate surface area is 229 Å². The molecule has 40 heavy (non-hydrogen) atoms. The molecule has 0 aliphatic carbocycles. The van der Waals surface area contributed by atoms with Crippen LogP contribution in [0.25, 0.3) is 11.0 Å². The van der Waals surface area contributed by atoms with Gasteiger partial charge in [-0.25, -0.2) is 4.63 Å². The zero-order chi connectivity index (χ0) is 27.3. The number of hydrogen-bond donors (Lipinski definition) is 1. The molecular formula is C31H22N6O3. The normalized spacial score (nSPS) is 11.1. The molecule has 0 aliphatic heterocycles. The molecule has 194 valence electrons. The van der Waals surface area contributed by atoms with Crippen LogP contribution >= 0.6 is 0 Å². The number of nitro benzene ring substituents is 1. The second-order valence-electron chi connectivity index (χ2n) is 8.85. The van der Waals surface area contributed by atoms with Crippen molar-refractivity contribution in [3.8, 4) is 0 Å². The number of non-ortho nitro benzene ring substituents is 1. The molecule has 5 aromatic carbocycles. The van der Waals surface area contributed by atoms with Crippen LogP contribution in [0.1, 0.15) is 5.56 Å². The minimum Gasteiger partial charge on any atom is -0.352 e. The Kier molecular flexibility index (Phi) is 6.67. The summed E-state index contributed by atoms with van der Waals surface area (Å²) in [7, 11) is 0. The van der Waals surface area contributed by atoms with Crippen molar-refractivity contribution in [1.82, 2.24) is 10.3 Å². The monoisotopic (exact) mass is 526 g/mol. The van der Waals surface area contributed by atoms with Gasteiger partial charge in [0.1, 0.15) is 0 Å². The van der Waals surface area contributed by atoms with Gasteiger partial charge in [0.15, 0.2) is 5.52 Å². The molecule has 1 heterocycles. The van der Waals surface area contributed by atoms with Gasteiger partial charge < -0.3 is 10.2 Å². The third-order valence-corrected chi connectivity index (χ3v) is 6.30. The smallest absolute Gasteiger partial charge is 0.300 e. The van der Waals surface area contributed by atoms with Crippen molar-refractivity contribution >= 4 is 57.1 Å². The van der Waals surface area contributed by atoms with E-state index in [1.165, 1.54) is 6.07 Å². The molecule has 0 amide bonds. The minimum atomic E-state index is -0.515. The van der Waals surface area contributed by atoms with E-state index >= 15 is 0 Å². The molecule has 0 fully saturated rings. The predicted octanol–water partition coefficient (Wildman–Crippen LogP) is 8.10. The number of para-hydroxylation sites is 4. The summed E-state index contributed by atoms with van der Waals surface area (Å²) >= 11 is 0. The summed E-state index contributed by atoms with van der Waals surface area (Å²) < 4.78 is 4.78. The molecule has 6 rings (SSSR count). The van der Waals surface area contributed by atoms with Crippen molar-refractivity contribution in [1.29, 1.82) is 0 Å². The second-order valence-corrected chi connectivity index (χ2v) is 8.85. The maximum Gasteiger partial charge on any atom is 0.300 e. The van der Waals surface area contributed by atoms with Crippen LogP contribution in [0.15, 0.2) is 131 Å². The molecule has 0 atom stereocenters. The molecule has 1 N–H and O–H groups in total. The SMILES string of the molecule is O=[N+]([O-])c1ccc(Nc2ccccc2N=Cc2ccc(N(c3ccccc3)c3ccccc3)cc2)c2nonc12. The van der Waals surface area contributed by atoms with E-state index in [2.05, 4.69) is 56.9 Å².